The zero-order chi connectivity index (χ0) is 28.9. The lowest BCUT2D eigenvalue weighted by Crippen LogP contribution is -2.56. The molecule has 4 N–H and O–H groups in total. The first kappa shape index (κ1) is 29.3. The number of furan rings is 1. The van der Waals surface area contributed by atoms with Crippen molar-refractivity contribution in [3.63, 3.8) is 0 Å². The highest BCUT2D eigenvalue weighted by Gasteiger charge is 2.37. The number of fused-ring (bicyclic) bond motifs is 1. The third-order valence-electron chi connectivity index (χ3n) is 7.59. The topological polar surface area (TPSA) is 147 Å². The second kappa shape index (κ2) is 12.7. The first-order chi connectivity index (χ1) is 19.0. The molecule has 10 nitrogen and oxygen atoms in total. The van der Waals surface area contributed by atoms with Crippen LogP contribution in [0.1, 0.15) is 82.7 Å². The fourth-order valence-corrected chi connectivity index (χ4v) is 5.53. The summed E-state index contributed by atoms with van der Waals surface area (Å²) in [5.74, 6) is -3.12. The van der Waals surface area contributed by atoms with Gasteiger partial charge >= 0.3 is 0 Å². The summed E-state index contributed by atoms with van der Waals surface area (Å²) in [5.41, 5.74) is -0.0953. The Labute approximate surface area is 234 Å². The van der Waals surface area contributed by atoms with Gasteiger partial charge in [0.15, 0.2) is 5.76 Å². The monoisotopic (exact) mass is 552 g/mol. The maximum absolute atomic E-state index is 13.7. The number of hydrogen-bond acceptors (Lipinski definition) is 6. The van der Waals surface area contributed by atoms with Crippen LogP contribution in [0.2, 0.25) is 0 Å². The van der Waals surface area contributed by atoms with Gasteiger partial charge in [-0.25, -0.2) is 0 Å². The summed E-state index contributed by atoms with van der Waals surface area (Å²) in [7, 11) is 0. The third-order valence-corrected chi connectivity index (χ3v) is 7.59. The average molecular weight is 553 g/mol. The molecule has 3 atom stereocenters. The number of hydrogen-bond donors (Lipinski definition) is 4. The van der Waals surface area contributed by atoms with E-state index in [9.17, 15) is 24.0 Å². The molecule has 1 aliphatic carbocycles. The van der Waals surface area contributed by atoms with Crippen molar-refractivity contribution < 1.29 is 28.4 Å². The molecule has 2 fully saturated rings. The summed E-state index contributed by atoms with van der Waals surface area (Å²) in [4.78, 5) is 65.2. The maximum Gasteiger partial charge on any atom is 0.290 e. The van der Waals surface area contributed by atoms with Crippen molar-refractivity contribution in [1.29, 1.82) is 0 Å². The van der Waals surface area contributed by atoms with Crippen molar-refractivity contribution in [3.8, 4) is 0 Å². The van der Waals surface area contributed by atoms with E-state index in [4.69, 9.17) is 4.42 Å². The SMILES string of the molecule is CC(C)(C)NC(=O)C(=O)[C@H](C[C@@H]1CCNC1=O)NC(=O)[C@H](CC1CCCCC1)NC(=O)c1cc2ccccc2o1. The first-order valence-electron chi connectivity index (χ1n) is 14.2. The number of carbonyl (C=O) groups excluding carboxylic acids is 5. The number of para-hydroxylation sites is 1. The van der Waals surface area contributed by atoms with E-state index in [2.05, 4.69) is 21.3 Å². The lowest BCUT2D eigenvalue weighted by atomic mass is 9.84. The van der Waals surface area contributed by atoms with Gasteiger partial charge in [0.05, 0.1) is 6.04 Å². The van der Waals surface area contributed by atoms with Crippen molar-refractivity contribution in [2.75, 3.05) is 6.54 Å². The van der Waals surface area contributed by atoms with E-state index < -0.39 is 47.0 Å². The zero-order valence-corrected chi connectivity index (χ0v) is 23.5. The minimum absolute atomic E-state index is 0.00162. The van der Waals surface area contributed by atoms with E-state index in [0.717, 1.165) is 37.5 Å². The van der Waals surface area contributed by atoms with Gasteiger partial charge < -0.3 is 25.7 Å². The Hall–Kier alpha value is -3.69. The summed E-state index contributed by atoms with van der Waals surface area (Å²) >= 11 is 0. The Morgan fingerprint density at radius 3 is 2.35 bits per heavy atom. The van der Waals surface area contributed by atoms with Gasteiger partial charge in [-0.05, 0) is 58.1 Å². The van der Waals surface area contributed by atoms with E-state index in [1.807, 2.05) is 18.2 Å². The molecule has 2 aliphatic rings. The number of carbonyl (C=O) groups is 5. The minimum Gasteiger partial charge on any atom is -0.451 e. The number of nitrogens with one attached hydrogen (secondary N) is 4. The van der Waals surface area contributed by atoms with Gasteiger partial charge in [0, 0.05) is 23.4 Å². The van der Waals surface area contributed by atoms with Gasteiger partial charge in [0.25, 0.3) is 11.8 Å². The van der Waals surface area contributed by atoms with E-state index in [1.165, 1.54) is 0 Å². The van der Waals surface area contributed by atoms with Gasteiger partial charge in [-0.1, -0.05) is 50.3 Å². The second-order valence-corrected chi connectivity index (χ2v) is 12.1. The van der Waals surface area contributed by atoms with Gasteiger partial charge in [-0.15, -0.1) is 0 Å². The molecule has 4 rings (SSSR count). The number of ketones is 1. The maximum atomic E-state index is 13.7. The largest absolute Gasteiger partial charge is 0.451 e. The molecule has 1 saturated heterocycles. The van der Waals surface area contributed by atoms with Gasteiger partial charge in [-0.2, -0.15) is 0 Å². The van der Waals surface area contributed by atoms with Crippen LogP contribution < -0.4 is 21.3 Å². The van der Waals surface area contributed by atoms with E-state index >= 15 is 0 Å². The lowest BCUT2D eigenvalue weighted by Gasteiger charge is -2.28. The summed E-state index contributed by atoms with van der Waals surface area (Å²) < 4.78 is 5.70. The summed E-state index contributed by atoms with van der Waals surface area (Å²) in [6.07, 6.45) is 6.06. The van der Waals surface area contributed by atoms with Gasteiger partial charge in [0.1, 0.15) is 11.6 Å². The molecule has 1 aromatic heterocycles. The van der Waals surface area contributed by atoms with Crippen LogP contribution in [0.5, 0.6) is 0 Å². The minimum atomic E-state index is -1.21. The van der Waals surface area contributed by atoms with Crippen LogP contribution in [0.3, 0.4) is 0 Å². The second-order valence-electron chi connectivity index (χ2n) is 12.1. The normalized spacial score (nSPS) is 19.5. The Balaban J connectivity index is 1.54. The molecular weight excluding hydrogens is 512 g/mol. The highest BCUT2D eigenvalue weighted by Crippen LogP contribution is 2.28. The van der Waals surface area contributed by atoms with Gasteiger partial charge in [-0.3, -0.25) is 24.0 Å². The molecule has 40 heavy (non-hydrogen) atoms. The predicted octanol–water partition coefficient (Wildman–Crippen LogP) is 3.00. The molecule has 1 aromatic carbocycles. The zero-order valence-electron chi connectivity index (χ0n) is 23.5. The van der Waals surface area contributed by atoms with Gasteiger partial charge in [0.2, 0.25) is 17.6 Å². The molecule has 0 unspecified atom stereocenters. The fraction of sp³-hybridized carbons (Fsp3) is 0.567. The molecule has 4 amide bonds. The van der Waals surface area contributed by atoms with Crippen molar-refractivity contribution in [2.24, 2.45) is 11.8 Å². The molecule has 1 saturated carbocycles. The van der Waals surface area contributed by atoms with Crippen molar-refractivity contribution in [2.45, 2.75) is 89.8 Å². The number of benzene rings is 1. The van der Waals surface area contributed by atoms with Crippen LogP contribution in [0.15, 0.2) is 34.7 Å². The molecule has 2 heterocycles. The number of Topliss-reactive ketones (excluding diaryl/α,β-unsaturated/α-hetero) is 1. The predicted molar refractivity (Wildman–Crippen MR) is 149 cm³/mol. The van der Waals surface area contributed by atoms with E-state index in [-0.39, 0.29) is 24.0 Å². The molecule has 2 aromatic rings. The van der Waals surface area contributed by atoms with Crippen molar-refractivity contribution >= 4 is 40.4 Å². The fourth-order valence-electron chi connectivity index (χ4n) is 5.53. The molecule has 0 radical (unpaired) electrons. The van der Waals surface area contributed by atoms with Crippen molar-refractivity contribution in [3.05, 3.63) is 36.1 Å². The molecule has 1 aliphatic heterocycles. The molecule has 216 valence electrons. The smallest absolute Gasteiger partial charge is 0.290 e. The Kier molecular flexibility index (Phi) is 9.27. The summed E-state index contributed by atoms with van der Waals surface area (Å²) in [6, 6.07) is 6.72. The highest BCUT2D eigenvalue weighted by molar-refractivity contribution is 6.38. The molecule has 0 bridgehead atoms. The number of amides is 4. The molecular formula is C30H40N4O6. The van der Waals surface area contributed by atoms with E-state index in [0.29, 0.717) is 25.0 Å². The van der Waals surface area contributed by atoms with Crippen LogP contribution in [0, 0.1) is 11.8 Å². The van der Waals surface area contributed by atoms with Crippen LogP contribution >= 0.6 is 0 Å². The lowest BCUT2D eigenvalue weighted by molar-refractivity contribution is -0.141. The van der Waals surface area contributed by atoms with Crippen LogP contribution in [-0.2, 0) is 19.2 Å². The molecule has 0 spiro atoms. The van der Waals surface area contributed by atoms with Crippen LogP contribution in [0.4, 0.5) is 0 Å². The standard InChI is InChI=1S/C30H40N4O6/c1-30(2,3)34-29(39)25(35)21(16-20-13-14-31-26(20)36)32-27(37)22(15-18-9-5-4-6-10-18)33-28(38)24-17-19-11-7-8-12-23(19)40-24/h7-8,11-12,17-18,20-22H,4-6,9-10,13-16H2,1-3H3,(H,31,36)(H,32,37)(H,33,38)(H,34,39)/t20-,21-,22-/m0/s1. The Morgan fingerprint density at radius 1 is 0.975 bits per heavy atom. The Morgan fingerprint density at radius 2 is 1.70 bits per heavy atom. The summed E-state index contributed by atoms with van der Waals surface area (Å²) in [6.45, 7) is 5.74. The quantitative estimate of drug-likeness (QED) is 0.333. The van der Waals surface area contributed by atoms with Crippen molar-refractivity contribution in [1.82, 2.24) is 21.3 Å². The molecule has 10 heteroatoms. The van der Waals surface area contributed by atoms with Crippen LogP contribution in [0.25, 0.3) is 11.0 Å². The third kappa shape index (κ3) is 7.70. The Bertz CT molecular complexity index is 1220. The highest BCUT2D eigenvalue weighted by atomic mass is 16.3. The average Bonchev–Trinajstić information content (AvgIpc) is 3.53. The van der Waals surface area contributed by atoms with Crippen LogP contribution in [-0.4, -0.2) is 53.6 Å². The van der Waals surface area contributed by atoms with E-state index in [1.54, 1.807) is 32.9 Å². The first-order valence-corrected chi connectivity index (χ1v) is 14.2. The summed E-state index contributed by atoms with van der Waals surface area (Å²) in [5, 5.41) is 11.7. The number of rotatable bonds is 10.